The lowest BCUT2D eigenvalue weighted by molar-refractivity contribution is -0.123. The van der Waals surface area contributed by atoms with E-state index in [2.05, 4.69) is 62.8 Å². The van der Waals surface area contributed by atoms with Crippen molar-refractivity contribution in [1.82, 2.24) is 5.32 Å². The first-order chi connectivity index (χ1) is 8.08. The Hall–Kier alpha value is -0.0500. The van der Waals surface area contributed by atoms with Crippen LogP contribution in [0.5, 0.6) is 0 Å². The molecule has 0 spiro atoms. The maximum Gasteiger partial charge on any atom is 0.220 e. The molecule has 1 unspecified atom stereocenters. The van der Waals surface area contributed by atoms with Crippen LogP contribution in [0.3, 0.4) is 0 Å². The van der Waals surface area contributed by atoms with Crippen molar-refractivity contribution < 1.29 is 4.79 Å². The second kappa shape index (κ2) is 7.52. The van der Waals surface area contributed by atoms with E-state index in [1.165, 1.54) is 0 Å². The molecule has 2 nitrogen and oxygen atoms in total. The van der Waals surface area contributed by atoms with Gasteiger partial charge in [0.25, 0.3) is 0 Å². The predicted octanol–water partition coefficient (Wildman–Crippen LogP) is 4.38. The Balaban J connectivity index is 4.03. The lowest BCUT2D eigenvalue weighted by atomic mass is 9.80. The average Bonchev–Trinajstić information content (AvgIpc) is 2.22. The molecule has 0 aliphatic carbocycles. The molecule has 0 aliphatic heterocycles. The summed E-state index contributed by atoms with van der Waals surface area (Å²) in [6.45, 7) is 13.9. The summed E-state index contributed by atoms with van der Waals surface area (Å²) in [4.78, 5) is 11.9. The van der Waals surface area contributed by atoms with Gasteiger partial charge in [-0.05, 0) is 29.6 Å². The normalized spacial score (nSPS) is 14.4. The van der Waals surface area contributed by atoms with Crippen molar-refractivity contribution in [1.29, 1.82) is 0 Å². The molecule has 0 bridgehead atoms. The Kier molecular flexibility index (Phi) is 7.50. The van der Waals surface area contributed by atoms with E-state index in [4.69, 9.17) is 0 Å². The summed E-state index contributed by atoms with van der Waals surface area (Å²) < 4.78 is 0. The Bertz CT molecular complexity index is 256. The van der Waals surface area contributed by atoms with E-state index in [-0.39, 0.29) is 16.7 Å². The number of amides is 1. The monoisotopic (exact) mass is 319 g/mol. The molecule has 0 aromatic heterocycles. The van der Waals surface area contributed by atoms with Crippen molar-refractivity contribution in [3.63, 3.8) is 0 Å². The molecule has 1 amide bonds. The molecule has 0 aliphatic rings. The Morgan fingerprint density at radius 1 is 1.22 bits per heavy atom. The van der Waals surface area contributed by atoms with E-state index >= 15 is 0 Å². The molecular weight excluding hydrogens is 290 g/mol. The summed E-state index contributed by atoms with van der Waals surface area (Å²) in [5, 5.41) is 4.11. The van der Waals surface area contributed by atoms with Crippen LogP contribution in [0.25, 0.3) is 0 Å². The van der Waals surface area contributed by atoms with Crippen molar-refractivity contribution in [3.05, 3.63) is 0 Å². The molecule has 108 valence electrons. The highest BCUT2D eigenvalue weighted by Gasteiger charge is 2.24. The van der Waals surface area contributed by atoms with Gasteiger partial charge in [0.1, 0.15) is 0 Å². The van der Waals surface area contributed by atoms with Crippen molar-refractivity contribution in [2.75, 3.05) is 11.9 Å². The van der Waals surface area contributed by atoms with Gasteiger partial charge >= 0.3 is 0 Å². The third-order valence-corrected chi connectivity index (χ3v) is 4.28. The molecule has 0 saturated heterocycles. The number of hydrogen-bond donors (Lipinski definition) is 1. The molecular formula is C15H30BrNO. The molecule has 1 N–H and O–H groups in total. The molecule has 18 heavy (non-hydrogen) atoms. The second-order valence-corrected chi connectivity index (χ2v) is 8.00. The van der Waals surface area contributed by atoms with Gasteiger partial charge in [0.05, 0.1) is 0 Å². The van der Waals surface area contributed by atoms with E-state index in [0.717, 1.165) is 24.7 Å². The zero-order valence-electron chi connectivity index (χ0n) is 12.9. The van der Waals surface area contributed by atoms with E-state index < -0.39 is 0 Å². The average molecular weight is 320 g/mol. The summed E-state index contributed by atoms with van der Waals surface area (Å²) in [7, 11) is 0. The number of hydrogen-bond acceptors (Lipinski definition) is 1. The Morgan fingerprint density at radius 2 is 1.78 bits per heavy atom. The van der Waals surface area contributed by atoms with Crippen molar-refractivity contribution in [3.8, 4) is 0 Å². The van der Waals surface area contributed by atoms with Crippen LogP contribution >= 0.6 is 15.9 Å². The third kappa shape index (κ3) is 8.12. The number of nitrogens with one attached hydrogen (secondary N) is 1. The van der Waals surface area contributed by atoms with Crippen molar-refractivity contribution >= 4 is 21.8 Å². The summed E-state index contributed by atoms with van der Waals surface area (Å²) in [5.74, 6) is 0.590. The predicted molar refractivity (Wildman–Crippen MR) is 83.1 cm³/mol. The maximum atomic E-state index is 11.9. The smallest absolute Gasteiger partial charge is 0.220 e. The fourth-order valence-corrected chi connectivity index (χ4v) is 1.91. The summed E-state index contributed by atoms with van der Waals surface area (Å²) in [6, 6.07) is 0. The topological polar surface area (TPSA) is 29.1 Å². The zero-order valence-corrected chi connectivity index (χ0v) is 14.5. The standard InChI is InChI=1S/C15H30BrNO/c1-12(14(2,3)4)10-13(18)17-11-15(5,6)8-7-9-16/h12H,7-11H2,1-6H3,(H,17,18). The summed E-state index contributed by atoms with van der Waals surface area (Å²) in [6.07, 6.45) is 2.91. The van der Waals surface area contributed by atoms with Crippen LogP contribution in [-0.2, 0) is 4.79 Å². The minimum Gasteiger partial charge on any atom is -0.356 e. The minimum absolute atomic E-state index is 0.185. The Morgan fingerprint density at radius 3 is 2.22 bits per heavy atom. The van der Waals surface area contributed by atoms with Crippen LogP contribution in [-0.4, -0.2) is 17.8 Å². The molecule has 0 aromatic rings. The van der Waals surface area contributed by atoms with E-state index in [1.54, 1.807) is 0 Å². The van der Waals surface area contributed by atoms with E-state index in [9.17, 15) is 4.79 Å². The highest BCUT2D eigenvalue weighted by molar-refractivity contribution is 9.09. The first-order valence-electron chi connectivity index (χ1n) is 6.91. The number of halogens is 1. The fraction of sp³-hybridized carbons (Fsp3) is 0.933. The van der Waals surface area contributed by atoms with Crippen LogP contribution in [0.15, 0.2) is 0 Å². The maximum absolute atomic E-state index is 11.9. The lowest BCUT2D eigenvalue weighted by Gasteiger charge is -2.28. The number of carbonyl (C=O) groups excluding carboxylic acids is 1. The van der Waals surface area contributed by atoms with Gasteiger partial charge in [-0.1, -0.05) is 57.5 Å². The fourth-order valence-electron chi connectivity index (χ4n) is 1.63. The molecule has 0 rings (SSSR count). The zero-order chi connectivity index (χ0) is 14.4. The molecule has 0 aromatic carbocycles. The highest BCUT2D eigenvalue weighted by Crippen LogP contribution is 2.28. The molecule has 3 heteroatoms. The molecule has 0 radical (unpaired) electrons. The number of alkyl halides is 1. The van der Waals surface area contributed by atoms with Gasteiger partial charge in [-0.3, -0.25) is 4.79 Å². The SMILES string of the molecule is CC(CC(=O)NCC(C)(C)CCCBr)C(C)(C)C. The quantitative estimate of drug-likeness (QED) is 0.693. The van der Waals surface area contributed by atoms with Crippen molar-refractivity contribution in [2.45, 2.75) is 60.8 Å². The van der Waals surface area contributed by atoms with E-state index in [1.807, 2.05) is 0 Å². The first kappa shape index (κ1) is 17.9. The van der Waals surface area contributed by atoms with Gasteiger partial charge in [-0.15, -0.1) is 0 Å². The highest BCUT2D eigenvalue weighted by atomic mass is 79.9. The molecule has 0 fully saturated rings. The summed E-state index contributed by atoms with van der Waals surface area (Å²) >= 11 is 3.45. The van der Waals surface area contributed by atoms with Gasteiger partial charge in [-0.25, -0.2) is 0 Å². The van der Waals surface area contributed by atoms with Crippen LogP contribution in [0.4, 0.5) is 0 Å². The van der Waals surface area contributed by atoms with Gasteiger partial charge in [0.15, 0.2) is 0 Å². The van der Waals surface area contributed by atoms with Gasteiger partial charge in [-0.2, -0.15) is 0 Å². The lowest BCUT2D eigenvalue weighted by Crippen LogP contribution is -2.36. The molecule has 0 heterocycles. The van der Waals surface area contributed by atoms with Crippen LogP contribution in [0.1, 0.15) is 60.8 Å². The van der Waals surface area contributed by atoms with Gasteiger partial charge in [0.2, 0.25) is 5.91 Å². The molecule has 0 saturated carbocycles. The largest absolute Gasteiger partial charge is 0.356 e. The van der Waals surface area contributed by atoms with E-state index in [0.29, 0.717) is 12.3 Å². The van der Waals surface area contributed by atoms with Crippen LogP contribution in [0.2, 0.25) is 0 Å². The number of rotatable bonds is 7. The number of carbonyl (C=O) groups is 1. The van der Waals surface area contributed by atoms with Crippen molar-refractivity contribution in [2.24, 2.45) is 16.7 Å². The van der Waals surface area contributed by atoms with Crippen LogP contribution < -0.4 is 5.32 Å². The first-order valence-corrected chi connectivity index (χ1v) is 8.03. The summed E-state index contributed by atoms with van der Waals surface area (Å²) in [5.41, 5.74) is 0.386. The second-order valence-electron chi connectivity index (χ2n) is 7.20. The van der Waals surface area contributed by atoms with Gasteiger partial charge < -0.3 is 5.32 Å². The third-order valence-electron chi connectivity index (χ3n) is 3.72. The van der Waals surface area contributed by atoms with Crippen LogP contribution in [0, 0.1) is 16.7 Å². The molecule has 1 atom stereocenters. The minimum atomic E-state index is 0.185. The Labute approximate surface area is 121 Å². The van der Waals surface area contributed by atoms with Gasteiger partial charge in [0, 0.05) is 18.3 Å².